The molecule has 0 aromatic heterocycles. The van der Waals surface area contributed by atoms with E-state index in [-0.39, 0.29) is 48.8 Å². The van der Waals surface area contributed by atoms with Crippen LogP contribution in [-0.2, 0) is 32.8 Å². The molecule has 2 amide bonds. The fraction of sp³-hybridized carbons (Fsp3) is 0.333. The van der Waals surface area contributed by atoms with Crippen LogP contribution in [0.2, 0.25) is 0 Å². The van der Waals surface area contributed by atoms with Crippen molar-refractivity contribution in [2.24, 2.45) is 5.92 Å². The summed E-state index contributed by atoms with van der Waals surface area (Å²) in [4.78, 5) is 25.1. The van der Waals surface area contributed by atoms with Crippen molar-refractivity contribution in [1.29, 1.82) is 0 Å². The average Bonchev–Trinajstić information content (AvgIpc) is 2.95. The Morgan fingerprint density at radius 3 is 2.05 bits per heavy atom. The molecule has 214 valence electrons. The SMILES string of the molecule is CC(C)C[C@H](NC(=O)OCc1ccccc1)C(=O)NCCCNS(=O)(=O)c1ccccc1OCc1ccccc1. The molecule has 0 bridgehead atoms. The molecule has 0 fully saturated rings. The zero-order chi connectivity index (χ0) is 28.8. The number of hydrogen-bond acceptors (Lipinski definition) is 6. The van der Waals surface area contributed by atoms with Gasteiger partial charge >= 0.3 is 6.09 Å². The summed E-state index contributed by atoms with van der Waals surface area (Å²) in [5, 5.41) is 5.41. The van der Waals surface area contributed by atoms with Crippen LogP contribution in [0.4, 0.5) is 4.79 Å². The number of nitrogens with one attached hydrogen (secondary N) is 3. The summed E-state index contributed by atoms with van der Waals surface area (Å²) in [6.45, 7) is 4.58. The highest BCUT2D eigenvalue weighted by molar-refractivity contribution is 7.89. The lowest BCUT2D eigenvalue weighted by atomic mass is 10.0. The van der Waals surface area contributed by atoms with Crippen LogP contribution in [0.1, 0.15) is 37.8 Å². The number of rotatable bonds is 15. The van der Waals surface area contributed by atoms with Crippen molar-refractivity contribution in [2.45, 2.75) is 50.8 Å². The quantitative estimate of drug-likeness (QED) is 0.234. The van der Waals surface area contributed by atoms with Gasteiger partial charge in [0.2, 0.25) is 15.9 Å². The van der Waals surface area contributed by atoms with Gasteiger partial charge in [0.1, 0.15) is 29.9 Å². The van der Waals surface area contributed by atoms with E-state index in [1.54, 1.807) is 18.2 Å². The highest BCUT2D eigenvalue weighted by Gasteiger charge is 2.23. The minimum absolute atomic E-state index is 0.0465. The molecule has 0 unspecified atom stereocenters. The van der Waals surface area contributed by atoms with Gasteiger partial charge in [-0.05, 0) is 42.0 Å². The molecule has 9 nitrogen and oxygen atoms in total. The predicted molar refractivity (Wildman–Crippen MR) is 153 cm³/mol. The molecule has 0 radical (unpaired) electrons. The van der Waals surface area contributed by atoms with Crippen molar-refractivity contribution in [3.8, 4) is 5.75 Å². The smallest absolute Gasteiger partial charge is 0.408 e. The van der Waals surface area contributed by atoms with Crippen molar-refractivity contribution in [2.75, 3.05) is 13.1 Å². The molecule has 0 aliphatic carbocycles. The van der Waals surface area contributed by atoms with Crippen LogP contribution in [0, 0.1) is 5.92 Å². The molecule has 0 aliphatic heterocycles. The lowest BCUT2D eigenvalue weighted by molar-refractivity contribution is -0.123. The van der Waals surface area contributed by atoms with Gasteiger partial charge in [-0.3, -0.25) is 4.79 Å². The summed E-state index contributed by atoms with van der Waals surface area (Å²) in [7, 11) is -3.83. The van der Waals surface area contributed by atoms with E-state index in [0.717, 1.165) is 11.1 Å². The normalized spacial score (nSPS) is 12.0. The summed E-state index contributed by atoms with van der Waals surface area (Å²) in [6, 6.07) is 24.4. The second-order valence-corrected chi connectivity index (χ2v) is 11.4. The van der Waals surface area contributed by atoms with E-state index in [1.165, 1.54) is 6.07 Å². The van der Waals surface area contributed by atoms with Crippen LogP contribution in [-0.4, -0.2) is 39.5 Å². The molecule has 3 aromatic carbocycles. The van der Waals surface area contributed by atoms with Crippen molar-refractivity contribution in [3.05, 3.63) is 96.1 Å². The Balaban J connectivity index is 1.45. The maximum Gasteiger partial charge on any atom is 0.408 e. The topological polar surface area (TPSA) is 123 Å². The molecule has 0 saturated heterocycles. The first-order valence-electron chi connectivity index (χ1n) is 13.2. The number of amides is 2. The molecule has 1 atom stereocenters. The monoisotopic (exact) mass is 567 g/mol. The third-order valence-electron chi connectivity index (χ3n) is 5.85. The minimum atomic E-state index is -3.83. The average molecular weight is 568 g/mol. The van der Waals surface area contributed by atoms with Gasteiger partial charge in [-0.15, -0.1) is 0 Å². The van der Waals surface area contributed by atoms with Crippen LogP contribution >= 0.6 is 0 Å². The number of ether oxygens (including phenoxy) is 2. The fourth-order valence-electron chi connectivity index (χ4n) is 3.84. The molecule has 0 spiro atoms. The second-order valence-electron chi connectivity index (χ2n) is 9.65. The van der Waals surface area contributed by atoms with Gasteiger partial charge in [-0.2, -0.15) is 0 Å². The standard InChI is InChI=1S/C30H37N3O6S/c1-23(2)20-26(33-30(35)39-22-25-14-7-4-8-15-25)29(34)31-18-11-19-32-40(36,37)28-17-10-9-16-27(28)38-21-24-12-5-3-6-13-24/h3-10,12-17,23,26,32H,11,18-22H2,1-2H3,(H,31,34)(H,33,35)/t26-/m0/s1. The van der Waals surface area contributed by atoms with E-state index in [9.17, 15) is 18.0 Å². The molecule has 3 N–H and O–H groups in total. The Kier molecular flexibility index (Phi) is 12.0. The molecule has 40 heavy (non-hydrogen) atoms. The van der Waals surface area contributed by atoms with Crippen molar-refractivity contribution in [3.63, 3.8) is 0 Å². The molecular formula is C30H37N3O6S. The van der Waals surface area contributed by atoms with Crippen LogP contribution < -0.4 is 20.1 Å². The van der Waals surface area contributed by atoms with Gasteiger partial charge < -0.3 is 20.1 Å². The summed E-state index contributed by atoms with van der Waals surface area (Å²) < 4.78 is 39.5. The van der Waals surface area contributed by atoms with Crippen LogP contribution in [0.3, 0.4) is 0 Å². The lowest BCUT2D eigenvalue weighted by Crippen LogP contribution is -2.48. The number of sulfonamides is 1. The Labute approximate surface area is 236 Å². The Morgan fingerprint density at radius 1 is 0.800 bits per heavy atom. The predicted octanol–water partition coefficient (Wildman–Crippen LogP) is 4.39. The maximum atomic E-state index is 12.9. The largest absolute Gasteiger partial charge is 0.487 e. The molecule has 10 heteroatoms. The number of para-hydroxylation sites is 1. The third-order valence-corrected chi connectivity index (χ3v) is 7.35. The van der Waals surface area contributed by atoms with Crippen molar-refractivity contribution in [1.82, 2.24) is 15.4 Å². The number of carbonyl (C=O) groups is 2. The van der Waals surface area contributed by atoms with E-state index in [2.05, 4.69) is 15.4 Å². The van der Waals surface area contributed by atoms with E-state index in [1.807, 2.05) is 74.5 Å². The first kappa shape index (κ1) is 30.6. The van der Waals surface area contributed by atoms with Gasteiger partial charge in [0, 0.05) is 13.1 Å². The summed E-state index contributed by atoms with van der Waals surface area (Å²) in [5.74, 6) is 0.0583. The Hall–Kier alpha value is -3.89. The maximum absolute atomic E-state index is 12.9. The van der Waals surface area contributed by atoms with Crippen LogP contribution in [0.15, 0.2) is 89.8 Å². The van der Waals surface area contributed by atoms with Gasteiger partial charge in [0.25, 0.3) is 0 Å². The summed E-state index contributed by atoms with van der Waals surface area (Å²) in [5.41, 5.74) is 1.77. The zero-order valence-electron chi connectivity index (χ0n) is 22.8. The number of carbonyl (C=O) groups excluding carboxylic acids is 2. The highest BCUT2D eigenvalue weighted by atomic mass is 32.2. The minimum Gasteiger partial charge on any atom is -0.487 e. The van der Waals surface area contributed by atoms with E-state index < -0.39 is 22.2 Å². The van der Waals surface area contributed by atoms with Crippen molar-refractivity contribution >= 4 is 22.0 Å². The number of alkyl carbamates (subject to hydrolysis) is 1. The first-order valence-corrected chi connectivity index (χ1v) is 14.7. The van der Waals surface area contributed by atoms with E-state index in [4.69, 9.17) is 9.47 Å². The summed E-state index contributed by atoms with van der Waals surface area (Å²) in [6.07, 6.45) is 0.106. The van der Waals surface area contributed by atoms with Gasteiger partial charge in [0.15, 0.2) is 0 Å². The molecule has 0 heterocycles. The molecule has 3 rings (SSSR count). The summed E-state index contributed by atoms with van der Waals surface area (Å²) >= 11 is 0. The van der Waals surface area contributed by atoms with E-state index in [0.29, 0.717) is 12.8 Å². The number of hydrogen-bond donors (Lipinski definition) is 3. The fourth-order valence-corrected chi connectivity index (χ4v) is 5.06. The first-order chi connectivity index (χ1) is 19.2. The lowest BCUT2D eigenvalue weighted by Gasteiger charge is -2.20. The zero-order valence-corrected chi connectivity index (χ0v) is 23.7. The third kappa shape index (κ3) is 10.3. The Bertz CT molecular complexity index is 1320. The van der Waals surface area contributed by atoms with Crippen LogP contribution in [0.5, 0.6) is 5.75 Å². The highest BCUT2D eigenvalue weighted by Crippen LogP contribution is 2.24. The van der Waals surface area contributed by atoms with E-state index >= 15 is 0 Å². The molecule has 0 saturated carbocycles. The molecular weight excluding hydrogens is 530 g/mol. The Morgan fingerprint density at radius 2 is 1.40 bits per heavy atom. The van der Waals surface area contributed by atoms with Gasteiger partial charge in [0.05, 0.1) is 0 Å². The number of benzene rings is 3. The molecule has 3 aromatic rings. The van der Waals surface area contributed by atoms with Gasteiger partial charge in [-0.1, -0.05) is 86.6 Å². The van der Waals surface area contributed by atoms with Gasteiger partial charge in [-0.25, -0.2) is 17.9 Å². The van der Waals surface area contributed by atoms with Crippen LogP contribution in [0.25, 0.3) is 0 Å². The van der Waals surface area contributed by atoms with Crippen molar-refractivity contribution < 1.29 is 27.5 Å². The molecule has 0 aliphatic rings. The second kappa shape index (κ2) is 15.6.